The molecular weight excluding hydrogens is 244 g/mol. The van der Waals surface area contributed by atoms with Crippen molar-refractivity contribution in [1.29, 1.82) is 0 Å². The van der Waals surface area contributed by atoms with Gasteiger partial charge in [-0.2, -0.15) is 0 Å². The van der Waals surface area contributed by atoms with E-state index < -0.39 is 0 Å². The van der Waals surface area contributed by atoms with Crippen LogP contribution in [-0.2, 0) is 9.59 Å². The van der Waals surface area contributed by atoms with E-state index in [9.17, 15) is 9.59 Å². The van der Waals surface area contributed by atoms with E-state index in [2.05, 4.69) is 15.1 Å². The van der Waals surface area contributed by atoms with Crippen LogP contribution in [0.1, 0.15) is 13.8 Å². The monoisotopic (exact) mass is 270 g/mol. The van der Waals surface area contributed by atoms with Gasteiger partial charge in [-0.1, -0.05) is 0 Å². The lowest BCUT2D eigenvalue weighted by Gasteiger charge is -2.34. The summed E-state index contributed by atoms with van der Waals surface area (Å²) in [6, 6.07) is 0. The van der Waals surface area contributed by atoms with Gasteiger partial charge in [0.05, 0.1) is 13.1 Å². The summed E-state index contributed by atoms with van der Waals surface area (Å²) in [5.41, 5.74) is 0. The zero-order chi connectivity index (χ0) is 14.3. The van der Waals surface area contributed by atoms with Gasteiger partial charge in [0.2, 0.25) is 11.8 Å². The first-order chi connectivity index (χ1) is 9.10. The molecule has 110 valence electrons. The maximum absolute atomic E-state index is 12.0. The van der Waals surface area contributed by atoms with Gasteiger partial charge in [-0.25, -0.2) is 0 Å². The van der Waals surface area contributed by atoms with Crippen LogP contribution in [0.25, 0.3) is 0 Å². The van der Waals surface area contributed by atoms with E-state index in [1.54, 1.807) is 7.05 Å². The summed E-state index contributed by atoms with van der Waals surface area (Å²) in [5, 5.41) is 2.63. The lowest BCUT2D eigenvalue weighted by Crippen LogP contribution is -2.51. The molecule has 1 heterocycles. The molecule has 0 atom stereocenters. The SMILES string of the molecule is CCN(CC)C(=O)CN1CCN(CC(=O)NC)CC1. The van der Waals surface area contributed by atoms with Crippen LogP contribution in [0.15, 0.2) is 0 Å². The second kappa shape index (κ2) is 8.12. The number of piperazine rings is 1. The highest BCUT2D eigenvalue weighted by molar-refractivity contribution is 5.78. The molecule has 0 aromatic heterocycles. The van der Waals surface area contributed by atoms with Crippen LogP contribution >= 0.6 is 0 Å². The highest BCUT2D eigenvalue weighted by Gasteiger charge is 2.21. The van der Waals surface area contributed by atoms with Crippen molar-refractivity contribution >= 4 is 11.8 Å². The summed E-state index contributed by atoms with van der Waals surface area (Å²) >= 11 is 0. The first kappa shape index (κ1) is 15.9. The van der Waals surface area contributed by atoms with Gasteiger partial charge in [-0.15, -0.1) is 0 Å². The third-order valence-electron chi connectivity index (χ3n) is 3.59. The fourth-order valence-electron chi connectivity index (χ4n) is 2.26. The molecular formula is C13H26N4O2. The van der Waals surface area contributed by atoms with Gasteiger partial charge in [-0.05, 0) is 13.8 Å². The fourth-order valence-corrected chi connectivity index (χ4v) is 2.26. The van der Waals surface area contributed by atoms with Gasteiger partial charge in [-0.3, -0.25) is 19.4 Å². The molecule has 2 amide bonds. The van der Waals surface area contributed by atoms with Crippen LogP contribution in [-0.4, -0.2) is 85.9 Å². The summed E-state index contributed by atoms with van der Waals surface area (Å²) in [6.07, 6.45) is 0. The first-order valence-corrected chi connectivity index (χ1v) is 7.03. The molecule has 0 spiro atoms. The van der Waals surface area contributed by atoms with Gasteiger partial charge in [0, 0.05) is 46.3 Å². The zero-order valence-electron chi connectivity index (χ0n) is 12.3. The predicted molar refractivity (Wildman–Crippen MR) is 74.9 cm³/mol. The molecule has 0 unspecified atom stereocenters. The minimum absolute atomic E-state index is 0.0488. The summed E-state index contributed by atoms with van der Waals surface area (Å²) in [5.74, 6) is 0.248. The highest BCUT2D eigenvalue weighted by Crippen LogP contribution is 2.02. The topological polar surface area (TPSA) is 55.9 Å². The van der Waals surface area contributed by atoms with E-state index in [4.69, 9.17) is 0 Å². The van der Waals surface area contributed by atoms with Crippen molar-refractivity contribution in [2.24, 2.45) is 0 Å². The first-order valence-electron chi connectivity index (χ1n) is 7.03. The molecule has 0 bridgehead atoms. The average Bonchev–Trinajstić information content (AvgIpc) is 2.42. The van der Waals surface area contributed by atoms with E-state index in [0.29, 0.717) is 13.1 Å². The molecule has 0 aromatic rings. The quantitative estimate of drug-likeness (QED) is 0.688. The average molecular weight is 270 g/mol. The Bertz CT molecular complexity index is 297. The molecule has 0 radical (unpaired) electrons. The number of nitrogens with zero attached hydrogens (tertiary/aromatic N) is 3. The maximum atomic E-state index is 12.0. The predicted octanol–water partition coefficient (Wildman–Crippen LogP) is -0.782. The van der Waals surface area contributed by atoms with Gasteiger partial charge in [0.15, 0.2) is 0 Å². The minimum atomic E-state index is 0.0488. The molecule has 19 heavy (non-hydrogen) atoms. The second-order valence-corrected chi connectivity index (χ2v) is 4.79. The van der Waals surface area contributed by atoms with E-state index in [0.717, 1.165) is 39.3 Å². The highest BCUT2D eigenvalue weighted by atomic mass is 16.2. The number of rotatable bonds is 6. The lowest BCUT2D eigenvalue weighted by atomic mass is 10.3. The van der Waals surface area contributed by atoms with Crippen LogP contribution in [0.2, 0.25) is 0 Å². The normalized spacial score (nSPS) is 17.2. The molecule has 1 fully saturated rings. The number of hydrogen-bond donors (Lipinski definition) is 1. The molecule has 6 nitrogen and oxygen atoms in total. The number of nitrogens with one attached hydrogen (secondary N) is 1. The van der Waals surface area contributed by atoms with E-state index in [1.165, 1.54) is 0 Å². The van der Waals surface area contributed by atoms with Crippen LogP contribution in [0.3, 0.4) is 0 Å². The van der Waals surface area contributed by atoms with Gasteiger partial charge in [0.1, 0.15) is 0 Å². The summed E-state index contributed by atoms with van der Waals surface area (Å²) in [4.78, 5) is 29.4. The molecule has 1 N–H and O–H groups in total. The Morgan fingerprint density at radius 2 is 1.47 bits per heavy atom. The van der Waals surface area contributed by atoms with Crippen molar-refractivity contribution in [3.63, 3.8) is 0 Å². The standard InChI is InChI=1S/C13H26N4O2/c1-4-17(5-2)13(19)11-16-8-6-15(7-9-16)10-12(18)14-3/h4-11H2,1-3H3,(H,14,18). The smallest absolute Gasteiger partial charge is 0.236 e. The Labute approximate surface area is 115 Å². The Morgan fingerprint density at radius 1 is 1.00 bits per heavy atom. The summed E-state index contributed by atoms with van der Waals surface area (Å²) in [7, 11) is 1.65. The Balaban J connectivity index is 2.30. The van der Waals surface area contributed by atoms with Gasteiger partial charge >= 0.3 is 0 Å². The van der Waals surface area contributed by atoms with Crippen molar-refractivity contribution in [2.75, 3.05) is 59.4 Å². The largest absolute Gasteiger partial charge is 0.358 e. The molecule has 1 aliphatic rings. The third-order valence-corrected chi connectivity index (χ3v) is 3.59. The van der Waals surface area contributed by atoms with Gasteiger partial charge < -0.3 is 10.2 Å². The minimum Gasteiger partial charge on any atom is -0.358 e. The fraction of sp³-hybridized carbons (Fsp3) is 0.846. The van der Waals surface area contributed by atoms with Crippen LogP contribution in [0.5, 0.6) is 0 Å². The number of likely N-dealkylation sites (N-methyl/N-ethyl adjacent to an activating group) is 2. The van der Waals surface area contributed by atoms with E-state index in [-0.39, 0.29) is 11.8 Å². The van der Waals surface area contributed by atoms with Crippen LogP contribution in [0.4, 0.5) is 0 Å². The second-order valence-electron chi connectivity index (χ2n) is 4.79. The van der Waals surface area contributed by atoms with Crippen LogP contribution < -0.4 is 5.32 Å². The lowest BCUT2D eigenvalue weighted by molar-refractivity contribution is -0.132. The summed E-state index contributed by atoms with van der Waals surface area (Å²) < 4.78 is 0. The maximum Gasteiger partial charge on any atom is 0.236 e. The van der Waals surface area contributed by atoms with E-state index >= 15 is 0 Å². The number of amides is 2. The molecule has 1 rings (SSSR count). The molecule has 1 saturated heterocycles. The van der Waals surface area contributed by atoms with Gasteiger partial charge in [0.25, 0.3) is 0 Å². The van der Waals surface area contributed by atoms with E-state index in [1.807, 2.05) is 18.7 Å². The number of carbonyl (C=O) groups is 2. The number of carbonyl (C=O) groups excluding carboxylic acids is 2. The molecule has 6 heteroatoms. The Morgan fingerprint density at radius 3 is 1.89 bits per heavy atom. The van der Waals surface area contributed by atoms with Crippen molar-refractivity contribution in [2.45, 2.75) is 13.8 Å². The third kappa shape index (κ3) is 5.16. The van der Waals surface area contributed by atoms with Crippen molar-refractivity contribution in [3.8, 4) is 0 Å². The summed E-state index contributed by atoms with van der Waals surface area (Å²) in [6.45, 7) is 9.89. The molecule has 1 aliphatic heterocycles. The van der Waals surface area contributed by atoms with Crippen molar-refractivity contribution < 1.29 is 9.59 Å². The zero-order valence-corrected chi connectivity index (χ0v) is 12.3. The Hall–Kier alpha value is -1.14. The molecule has 0 aliphatic carbocycles. The van der Waals surface area contributed by atoms with Crippen molar-refractivity contribution in [3.05, 3.63) is 0 Å². The Kier molecular flexibility index (Phi) is 6.80. The number of hydrogen-bond acceptors (Lipinski definition) is 4. The van der Waals surface area contributed by atoms with Crippen LogP contribution in [0, 0.1) is 0 Å². The molecule has 0 saturated carbocycles. The van der Waals surface area contributed by atoms with Crippen molar-refractivity contribution in [1.82, 2.24) is 20.0 Å². The molecule has 0 aromatic carbocycles.